The third kappa shape index (κ3) is 8.29. The van der Waals surface area contributed by atoms with Crippen molar-refractivity contribution in [2.24, 2.45) is 5.92 Å². The van der Waals surface area contributed by atoms with Gasteiger partial charge in [0.2, 0.25) is 0 Å². The molecular weight excluding hydrogens is 160 g/mol. The van der Waals surface area contributed by atoms with E-state index in [0.29, 0.717) is 5.92 Å². The van der Waals surface area contributed by atoms with Gasteiger partial charge in [-0.05, 0) is 19.3 Å². The molecule has 0 aromatic rings. The highest BCUT2D eigenvalue weighted by Gasteiger charge is 2.07. The summed E-state index contributed by atoms with van der Waals surface area (Å²) in [6.07, 6.45) is 9.16. The number of rotatable bonds is 8. The maximum atomic E-state index is 9.26. The first kappa shape index (κ1) is 13.0. The Balaban J connectivity index is 3.07. The normalized spacial score (nSPS) is 15.7. The topological polar surface area (TPSA) is 20.2 Å². The van der Waals surface area contributed by atoms with Crippen LogP contribution in [0.15, 0.2) is 0 Å². The Bertz CT molecular complexity index is 99.3. The fraction of sp³-hybridized carbons (Fsp3) is 1.00. The van der Waals surface area contributed by atoms with Gasteiger partial charge < -0.3 is 5.11 Å². The van der Waals surface area contributed by atoms with Gasteiger partial charge in [0.25, 0.3) is 0 Å². The van der Waals surface area contributed by atoms with Crippen LogP contribution in [0.3, 0.4) is 0 Å². The van der Waals surface area contributed by atoms with E-state index in [0.717, 1.165) is 0 Å². The molecule has 1 nitrogen and oxygen atoms in total. The summed E-state index contributed by atoms with van der Waals surface area (Å²) in [6.45, 7) is 6.27. The van der Waals surface area contributed by atoms with Gasteiger partial charge in [0.05, 0.1) is 6.10 Å². The van der Waals surface area contributed by atoms with Crippen molar-refractivity contribution in [2.75, 3.05) is 0 Å². The van der Waals surface area contributed by atoms with E-state index in [4.69, 9.17) is 0 Å². The molecule has 13 heavy (non-hydrogen) atoms. The number of hydrogen-bond acceptors (Lipinski definition) is 1. The highest BCUT2D eigenvalue weighted by molar-refractivity contribution is 4.59. The molecule has 0 aliphatic carbocycles. The van der Waals surface area contributed by atoms with E-state index >= 15 is 0 Å². The van der Waals surface area contributed by atoms with Gasteiger partial charge in [-0.15, -0.1) is 0 Å². The molecule has 1 N–H and O–H groups in total. The average Bonchev–Trinajstić information content (AvgIpc) is 2.10. The van der Waals surface area contributed by atoms with Gasteiger partial charge >= 0.3 is 0 Å². The minimum atomic E-state index is -0.129. The zero-order chi connectivity index (χ0) is 10.1. The second-order valence-electron chi connectivity index (χ2n) is 4.27. The lowest BCUT2D eigenvalue weighted by molar-refractivity contribution is 0.128. The minimum Gasteiger partial charge on any atom is -0.393 e. The summed E-state index contributed by atoms with van der Waals surface area (Å²) in [6, 6.07) is 0. The van der Waals surface area contributed by atoms with Crippen LogP contribution in [-0.4, -0.2) is 11.2 Å². The van der Waals surface area contributed by atoms with Gasteiger partial charge in [0.1, 0.15) is 0 Å². The van der Waals surface area contributed by atoms with Crippen LogP contribution in [0.5, 0.6) is 0 Å². The molecule has 0 spiro atoms. The van der Waals surface area contributed by atoms with Crippen LogP contribution in [0.1, 0.15) is 65.7 Å². The molecule has 0 aliphatic rings. The van der Waals surface area contributed by atoms with Crippen LogP contribution in [0.2, 0.25) is 0 Å². The molecule has 0 amide bonds. The fourth-order valence-corrected chi connectivity index (χ4v) is 1.49. The van der Waals surface area contributed by atoms with Crippen LogP contribution in [0, 0.1) is 5.92 Å². The van der Waals surface area contributed by atoms with Gasteiger partial charge in [0, 0.05) is 0 Å². The van der Waals surface area contributed by atoms with Crippen LogP contribution >= 0.6 is 0 Å². The number of aliphatic hydroxyl groups is 1. The van der Waals surface area contributed by atoms with Crippen molar-refractivity contribution in [3.8, 4) is 0 Å². The first-order chi connectivity index (χ1) is 6.18. The van der Waals surface area contributed by atoms with Crippen LogP contribution < -0.4 is 0 Å². The molecule has 80 valence electrons. The maximum absolute atomic E-state index is 9.26. The highest BCUT2D eigenvalue weighted by Crippen LogP contribution is 2.14. The van der Waals surface area contributed by atoms with Crippen molar-refractivity contribution in [1.82, 2.24) is 0 Å². The van der Waals surface area contributed by atoms with Crippen LogP contribution in [0.25, 0.3) is 0 Å². The smallest absolute Gasteiger partial charge is 0.0537 e. The van der Waals surface area contributed by atoms with Gasteiger partial charge in [-0.3, -0.25) is 0 Å². The van der Waals surface area contributed by atoms with E-state index < -0.39 is 0 Å². The van der Waals surface area contributed by atoms with E-state index in [2.05, 4.69) is 13.8 Å². The summed E-state index contributed by atoms with van der Waals surface area (Å²) in [7, 11) is 0. The molecule has 0 saturated carbocycles. The second-order valence-corrected chi connectivity index (χ2v) is 4.27. The first-order valence-corrected chi connectivity index (χ1v) is 5.86. The van der Waals surface area contributed by atoms with E-state index in [1.54, 1.807) is 0 Å². The second kappa shape index (κ2) is 8.55. The maximum Gasteiger partial charge on any atom is 0.0537 e. The Kier molecular flexibility index (Phi) is 8.53. The Labute approximate surface area is 83.5 Å². The summed E-state index contributed by atoms with van der Waals surface area (Å²) in [4.78, 5) is 0. The van der Waals surface area contributed by atoms with E-state index in [-0.39, 0.29) is 6.10 Å². The molecule has 0 aromatic heterocycles. The lowest BCUT2D eigenvalue weighted by atomic mass is 9.98. The molecule has 0 aliphatic heterocycles. The summed E-state index contributed by atoms with van der Waals surface area (Å²) in [5.41, 5.74) is 0. The summed E-state index contributed by atoms with van der Waals surface area (Å²) >= 11 is 0. The van der Waals surface area contributed by atoms with Crippen molar-refractivity contribution in [2.45, 2.75) is 71.8 Å². The Morgan fingerprint density at radius 3 is 2.00 bits per heavy atom. The van der Waals surface area contributed by atoms with E-state index in [1.807, 2.05) is 6.92 Å². The summed E-state index contributed by atoms with van der Waals surface area (Å²) < 4.78 is 0. The van der Waals surface area contributed by atoms with Gasteiger partial charge in [-0.2, -0.15) is 0 Å². The van der Waals surface area contributed by atoms with Crippen molar-refractivity contribution < 1.29 is 5.11 Å². The number of unbranched alkanes of at least 4 members (excludes halogenated alkanes) is 5. The lowest BCUT2D eigenvalue weighted by Crippen LogP contribution is -2.12. The molecule has 0 radical (unpaired) electrons. The third-order valence-corrected chi connectivity index (χ3v) is 2.84. The fourth-order valence-electron chi connectivity index (χ4n) is 1.49. The minimum absolute atomic E-state index is 0.129. The zero-order valence-corrected chi connectivity index (χ0v) is 9.55. The largest absolute Gasteiger partial charge is 0.393 e. The van der Waals surface area contributed by atoms with Crippen molar-refractivity contribution in [1.29, 1.82) is 0 Å². The molecule has 0 fully saturated rings. The highest BCUT2D eigenvalue weighted by atomic mass is 16.3. The average molecular weight is 186 g/mol. The van der Waals surface area contributed by atoms with Gasteiger partial charge in [0.15, 0.2) is 0 Å². The number of aliphatic hydroxyl groups excluding tert-OH is 1. The van der Waals surface area contributed by atoms with Crippen molar-refractivity contribution in [3.63, 3.8) is 0 Å². The molecule has 0 heterocycles. The van der Waals surface area contributed by atoms with Gasteiger partial charge in [-0.1, -0.05) is 52.4 Å². The predicted octanol–water partition coefficient (Wildman–Crippen LogP) is 3.75. The Morgan fingerprint density at radius 1 is 0.923 bits per heavy atom. The predicted molar refractivity (Wildman–Crippen MR) is 58.8 cm³/mol. The first-order valence-electron chi connectivity index (χ1n) is 5.86. The molecule has 0 bridgehead atoms. The Morgan fingerprint density at radius 2 is 1.46 bits per heavy atom. The molecule has 0 aromatic carbocycles. The van der Waals surface area contributed by atoms with E-state index in [1.165, 1.54) is 44.9 Å². The zero-order valence-electron chi connectivity index (χ0n) is 9.55. The third-order valence-electron chi connectivity index (χ3n) is 2.84. The number of hydrogen-bond donors (Lipinski definition) is 1. The van der Waals surface area contributed by atoms with Gasteiger partial charge in [-0.25, -0.2) is 0 Å². The van der Waals surface area contributed by atoms with Crippen LogP contribution in [-0.2, 0) is 0 Å². The Hall–Kier alpha value is -0.0400. The summed E-state index contributed by atoms with van der Waals surface area (Å²) in [5, 5.41) is 9.26. The quantitative estimate of drug-likeness (QED) is 0.572. The SMILES string of the molecule is CCCCCCCCC(C)C(C)O. The van der Waals surface area contributed by atoms with Crippen LogP contribution in [0.4, 0.5) is 0 Å². The van der Waals surface area contributed by atoms with E-state index in [9.17, 15) is 5.11 Å². The summed E-state index contributed by atoms with van der Waals surface area (Å²) in [5.74, 6) is 0.478. The van der Waals surface area contributed by atoms with Crippen molar-refractivity contribution >= 4 is 0 Å². The molecule has 1 heteroatoms. The molecular formula is C12H26O. The molecule has 0 rings (SSSR count). The monoisotopic (exact) mass is 186 g/mol. The molecule has 0 saturated heterocycles. The lowest BCUT2D eigenvalue weighted by Gasteiger charge is -2.13. The molecule has 2 atom stereocenters. The van der Waals surface area contributed by atoms with Crippen molar-refractivity contribution in [3.05, 3.63) is 0 Å². The molecule has 2 unspecified atom stereocenters. The standard InChI is InChI=1S/C12H26O/c1-4-5-6-7-8-9-10-11(2)12(3)13/h11-13H,4-10H2,1-3H3.